The molecule has 5 nitrogen and oxygen atoms in total. The fourth-order valence-corrected chi connectivity index (χ4v) is 2.53. The van der Waals surface area contributed by atoms with Crippen LogP contribution in [-0.4, -0.2) is 15.7 Å². The Labute approximate surface area is 126 Å². The number of nitrogen functional groups attached to an aromatic ring is 1. The summed E-state index contributed by atoms with van der Waals surface area (Å²) in [5, 5.41) is 9.11. The molecule has 0 aliphatic rings. The molecule has 0 fully saturated rings. The Morgan fingerprint density at radius 1 is 1.24 bits per heavy atom. The van der Waals surface area contributed by atoms with Crippen molar-refractivity contribution in [3.05, 3.63) is 64.6 Å². The molecule has 1 aromatic carbocycles. The third kappa shape index (κ3) is 3.11. The molecule has 0 aliphatic heterocycles. The maximum absolute atomic E-state index is 12.0. The lowest BCUT2D eigenvalue weighted by atomic mass is 10.3. The van der Waals surface area contributed by atoms with Gasteiger partial charge in [0.25, 0.3) is 5.91 Å². The number of hydrogen-bond acceptors (Lipinski definition) is 4. The van der Waals surface area contributed by atoms with E-state index < -0.39 is 0 Å². The molecule has 3 N–H and O–H groups in total. The Hall–Kier alpha value is -2.60. The van der Waals surface area contributed by atoms with Crippen LogP contribution in [0.3, 0.4) is 0 Å². The van der Waals surface area contributed by atoms with E-state index >= 15 is 0 Å². The lowest BCUT2D eigenvalue weighted by molar-refractivity contribution is 0.0946. The van der Waals surface area contributed by atoms with Crippen LogP contribution in [0.5, 0.6) is 0 Å². The van der Waals surface area contributed by atoms with Gasteiger partial charge in [0.1, 0.15) is 0 Å². The van der Waals surface area contributed by atoms with E-state index in [0.29, 0.717) is 17.9 Å². The highest BCUT2D eigenvalue weighted by Crippen LogP contribution is 2.11. The Kier molecular flexibility index (Phi) is 3.70. The first-order chi connectivity index (χ1) is 10.2. The second-order valence-corrected chi connectivity index (χ2v) is 5.53. The molecule has 0 aliphatic carbocycles. The second-order valence-electron chi connectivity index (χ2n) is 4.50. The smallest absolute Gasteiger partial charge is 0.272 e. The molecule has 3 aromatic rings. The van der Waals surface area contributed by atoms with Gasteiger partial charge in [-0.05, 0) is 41.8 Å². The highest BCUT2D eigenvalue weighted by Gasteiger charge is 2.10. The summed E-state index contributed by atoms with van der Waals surface area (Å²) in [7, 11) is 0. The first kappa shape index (κ1) is 13.4. The van der Waals surface area contributed by atoms with Crippen LogP contribution in [0.2, 0.25) is 0 Å². The summed E-state index contributed by atoms with van der Waals surface area (Å²) < 4.78 is 1.65. The number of hydrogen-bond donors (Lipinski definition) is 2. The summed E-state index contributed by atoms with van der Waals surface area (Å²) in [5.74, 6) is -0.183. The fourth-order valence-electron chi connectivity index (χ4n) is 1.89. The summed E-state index contributed by atoms with van der Waals surface area (Å²) in [6.07, 6.45) is 1.76. The van der Waals surface area contributed by atoms with Crippen molar-refractivity contribution >= 4 is 22.9 Å². The van der Waals surface area contributed by atoms with Gasteiger partial charge in [-0.2, -0.15) is 5.10 Å². The van der Waals surface area contributed by atoms with Crippen LogP contribution in [0.1, 0.15) is 15.4 Å². The number of carbonyl (C=O) groups excluding carboxylic acids is 1. The molecule has 0 radical (unpaired) electrons. The molecule has 6 heteroatoms. The van der Waals surface area contributed by atoms with Gasteiger partial charge >= 0.3 is 0 Å². The summed E-state index contributed by atoms with van der Waals surface area (Å²) in [6.45, 7) is 0.519. The van der Waals surface area contributed by atoms with Crippen LogP contribution in [0.15, 0.2) is 54.0 Å². The number of carbonyl (C=O) groups is 1. The summed E-state index contributed by atoms with van der Waals surface area (Å²) in [4.78, 5) is 13.1. The predicted molar refractivity (Wildman–Crippen MR) is 83.5 cm³/mol. The Morgan fingerprint density at radius 3 is 2.76 bits per heavy atom. The molecule has 0 saturated heterocycles. The van der Waals surface area contributed by atoms with E-state index in [4.69, 9.17) is 5.73 Å². The highest BCUT2D eigenvalue weighted by atomic mass is 32.1. The third-order valence-electron chi connectivity index (χ3n) is 2.98. The number of thiophene rings is 1. The van der Waals surface area contributed by atoms with Crippen molar-refractivity contribution in [1.29, 1.82) is 0 Å². The minimum atomic E-state index is -0.183. The first-order valence-electron chi connectivity index (χ1n) is 6.44. The number of nitrogens with two attached hydrogens (primary N) is 1. The van der Waals surface area contributed by atoms with Gasteiger partial charge < -0.3 is 11.1 Å². The van der Waals surface area contributed by atoms with Crippen LogP contribution < -0.4 is 11.1 Å². The van der Waals surface area contributed by atoms with E-state index in [-0.39, 0.29) is 5.91 Å². The van der Waals surface area contributed by atoms with Crippen LogP contribution in [0.4, 0.5) is 5.69 Å². The zero-order chi connectivity index (χ0) is 14.7. The maximum atomic E-state index is 12.0. The van der Waals surface area contributed by atoms with E-state index in [1.165, 1.54) is 0 Å². The van der Waals surface area contributed by atoms with Gasteiger partial charge in [-0.3, -0.25) is 4.79 Å². The molecule has 106 valence electrons. The number of nitrogens with one attached hydrogen (secondary N) is 1. The quantitative estimate of drug-likeness (QED) is 0.727. The van der Waals surface area contributed by atoms with E-state index in [2.05, 4.69) is 10.4 Å². The van der Waals surface area contributed by atoms with Gasteiger partial charge in [-0.25, -0.2) is 4.68 Å². The van der Waals surface area contributed by atoms with Gasteiger partial charge in [0.2, 0.25) is 0 Å². The van der Waals surface area contributed by atoms with E-state index in [9.17, 15) is 4.79 Å². The molecule has 1 amide bonds. The molecule has 2 heterocycles. The van der Waals surface area contributed by atoms with Gasteiger partial charge in [-0.1, -0.05) is 6.07 Å². The maximum Gasteiger partial charge on any atom is 0.272 e. The molecule has 0 bridgehead atoms. The largest absolute Gasteiger partial charge is 0.399 e. The summed E-state index contributed by atoms with van der Waals surface area (Å²) in [6, 6.07) is 13.0. The SMILES string of the molecule is Nc1ccc(-n2ccc(C(=O)NCc3cccs3)n2)cc1. The average molecular weight is 298 g/mol. The molecule has 0 atom stereocenters. The van der Waals surface area contributed by atoms with Crippen LogP contribution in [0, 0.1) is 0 Å². The number of anilines is 1. The lowest BCUT2D eigenvalue weighted by Gasteiger charge is -2.02. The predicted octanol–water partition coefficient (Wildman–Crippen LogP) is 2.45. The number of nitrogens with zero attached hydrogens (tertiary/aromatic N) is 2. The highest BCUT2D eigenvalue weighted by molar-refractivity contribution is 7.09. The molecular weight excluding hydrogens is 284 g/mol. The van der Waals surface area contributed by atoms with Crippen molar-refractivity contribution in [1.82, 2.24) is 15.1 Å². The molecule has 0 unspecified atom stereocenters. The molecule has 0 saturated carbocycles. The van der Waals surface area contributed by atoms with Gasteiger partial charge in [0.05, 0.1) is 12.2 Å². The van der Waals surface area contributed by atoms with E-state index in [1.54, 1.807) is 40.4 Å². The normalized spacial score (nSPS) is 10.5. The first-order valence-corrected chi connectivity index (χ1v) is 7.32. The zero-order valence-electron chi connectivity index (χ0n) is 11.2. The molecule has 21 heavy (non-hydrogen) atoms. The van der Waals surface area contributed by atoms with Crippen molar-refractivity contribution in [2.24, 2.45) is 0 Å². The monoisotopic (exact) mass is 298 g/mol. The fraction of sp³-hybridized carbons (Fsp3) is 0.0667. The van der Waals surface area contributed by atoms with Gasteiger partial charge in [-0.15, -0.1) is 11.3 Å². The van der Waals surface area contributed by atoms with Crippen LogP contribution >= 0.6 is 11.3 Å². The number of benzene rings is 1. The van der Waals surface area contributed by atoms with E-state index in [1.807, 2.05) is 29.6 Å². The second kappa shape index (κ2) is 5.80. The summed E-state index contributed by atoms with van der Waals surface area (Å²) >= 11 is 1.61. The van der Waals surface area contributed by atoms with Crippen molar-refractivity contribution in [2.45, 2.75) is 6.54 Å². The van der Waals surface area contributed by atoms with Crippen molar-refractivity contribution in [2.75, 3.05) is 5.73 Å². The number of rotatable bonds is 4. The lowest BCUT2D eigenvalue weighted by Crippen LogP contribution is -2.22. The van der Waals surface area contributed by atoms with Gasteiger partial charge in [0.15, 0.2) is 5.69 Å². The molecular formula is C15H14N4OS. The zero-order valence-corrected chi connectivity index (χ0v) is 12.0. The molecule has 0 spiro atoms. The number of aromatic nitrogens is 2. The van der Waals surface area contributed by atoms with Gasteiger partial charge in [0, 0.05) is 16.8 Å². The molecule has 3 rings (SSSR count). The van der Waals surface area contributed by atoms with Crippen LogP contribution in [-0.2, 0) is 6.54 Å². The van der Waals surface area contributed by atoms with E-state index in [0.717, 1.165) is 10.6 Å². The third-order valence-corrected chi connectivity index (χ3v) is 3.86. The number of amides is 1. The minimum absolute atomic E-state index is 0.183. The van der Waals surface area contributed by atoms with Crippen molar-refractivity contribution in [3.8, 4) is 5.69 Å². The molecule has 2 aromatic heterocycles. The van der Waals surface area contributed by atoms with Crippen LogP contribution in [0.25, 0.3) is 5.69 Å². The Morgan fingerprint density at radius 2 is 2.05 bits per heavy atom. The van der Waals surface area contributed by atoms with Crippen molar-refractivity contribution in [3.63, 3.8) is 0 Å². The minimum Gasteiger partial charge on any atom is -0.399 e. The Bertz CT molecular complexity index is 731. The summed E-state index contributed by atoms with van der Waals surface area (Å²) in [5.41, 5.74) is 7.60. The Balaban J connectivity index is 1.69. The average Bonchev–Trinajstić information content (AvgIpc) is 3.17. The topological polar surface area (TPSA) is 72.9 Å². The standard InChI is InChI=1S/C15H14N4OS/c16-11-3-5-12(6-4-11)19-8-7-14(18-19)15(20)17-10-13-2-1-9-21-13/h1-9H,10,16H2,(H,17,20). The van der Waals surface area contributed by atoms with Crippen molar-refractivity contribution < 1.29 is 4.79 Å².